The van der Waals surface area contributed by atoms with E-state index in [4.69, 9.17) is 9.47 Å². The number of hydrogen-bond acceptors (Lipinski definition) is 5. The molecule has 20 heavy (non-hydrogen) atoms. The summed E-state index contributed by atoms with van der Waals surface area (Å²) in [6.45, 7) is 5.57. The molecule has 0 unspecified atom stereocenters. The van der Waals surface area contributed by atoms with Gasteiger partial charge < -0.3 is 14.8 Å². The number of aryl methyl sites for hydroxylation is 2. The Hall–Kier alpha value is -1.50. The first kappa shape index (κ1) is 14.9. The van der Waals surface area contributed by atoms with Crippen LogP contribution in [0.5, 0.6) is 0 Å². The lowest BCUT2D eigenvalue weighted by atomic mass is 10.2. The highest BCUT2D eigenvalue weighted by molar-refractivity contribution is 5.78. The number of rotatable bonds is 8. The van der Waals surface area contributed by atoms with Crippen molar-refractivity contribution in [3.8, 4) is 0 Å². The van der Waals surface area contributed by atoms with Crippen LogP contribution < -0.4 is 5.32 Å². The SMILES string of the molecule is COCCOCCNCc1cnc2c(c1)c(C)nn2C. The van der Waals surface area contributed by atoms with Gasteiger partial charge in [-0.15, -0.1) is 0 Å². The van der Waals surface area contributed by atoms with Gasteiger partial charge in [0.2, 0.25) is 0 Å². The topological polar surface area (TPSA) is 61.2 Å². The van der Waals surface area contributed by atoms with Crippen LogP contribution in [0, 0.1) is 6.92 Å². The molecule has 0 aliphatic heterocycles. The maximum absolute atomic E-state index is 5.39. The third-order valence-corrected chi connectivity index (χ3v) is 3.10. The lowest BCUT2D eigenvalue weighted by Gasteiger charge is -2.06. The van der Waals surface area contributed by atoms with Crippen molar-refractivity contribution in [2.75, 3.05) is 33.5 Å². The average molecular weight is 278 g/mol. The molecule has 2 rings (SSSR count). The van der Waals surface area contributed by atoms with E-state index >= 15 is 0 Å². The molecular weight excluding hydrogens is 256 g/mol. The van der Waals surface area contributed by atoms with Crippen molar-refractivity contribution in [2.45, 2.75) is 13.5 Å². The van der Waals surface area contributed by atoms with Crippen molar-refractivity contribution in [3.63, 3.8) is 0 Å². The summed E-state index contributed by atoms with van der Waals surface area (Å²) < 4.78 is 12.1. The van der Waals surface area contributed by atoms with Gasteiger partial charge in [0.15, 0.2) is 5.65 Å². The van der Waals surface area contributed by atoms with Gasteiger partial charge in [0.1, 0.15) is 0 Å². The van der Waals surface area contributed by atoms with Crippen LogP contribution in [0.4, 0.5) is 0 Å². The van der Waals surface area contributed by atoms with Crippen LogP contribution in [0.2, 0.25) is 0 Å². The molecule has 110 valence electrons. The first-order chi connectivity index (χ1) is 9.72. The molecule has 1 N–H and O–H groups in total. The fourth-order valence-corrected chi connectivity index (χ4v) is 2.07. The van der Waals surface area contributed by atoms with E-state index in [2.05, 4.69) is 21.5 Å². The zero-order valence-electron chi connectivity index (χ0n) is 12.3. The Labute approximate surface area is 119 Å². The van der Waals surface area contributed by atoms with Crippen molar-refractivity contribution in [1.82, 2.24) is 20.1 Å². The highest BCUT2D eigenvalue weighted by Crippen LogP contribution is 2.16. The molecule has 2 aromatic heterocycles. The van der Waals surface area contributed by atoms with Crippen LogP contribution in [-0.4, -0.2) is 48.2 Å². The van der Waals surface area contributed by atoms with E-state index in [0.717, 1.165) is 35.4 Å². The van der Waals surface area contributed by atoms with E-state index in [-0.39, 0.29) is 0 Å². The number of fused-ring (bicyclic) bond motifs is 1. The van der Waals surface area contributed by atoms with Crippen LogP contribution in [0.1, 0.15) is 11.3 Å². The molecule has 0 bridgehead atoms. The van der Waals surface area contributed by atoms with Gasteiger partial charge in [-0.3, -0.25) is 4.68 Å². The molecule has 0 atom stereocenters. The first-order valence-corrected chi connectivity index (χ1v) is 6.78. The fraction of sp³-hybridized carbons (Fsp3) is 0.571. The summed E-state index contributed by atoms with van der Waals surface area (Å²) in [4.78, 5) is 4.45. The standard InChI is InChI=1S/C14H22N4O2/c1-11-13-8-12(10-16-14(13)18(2)17-11)9-15-4-5-20-7-6-19-3/h8,10,15H,4-7,9H2,1-3H3. The van der Waals surface area contributed by atoms with Crippen LogP contribution in [0.15, 0.2) is 12.3 Å². The fourth-order valence-electron chi connectivity index (χ4n) is 2.07. The van der Waals surface area contributed by atoms with E-state index in [1.54, 1.807) is 7.11 Å². The van der Waals surface area contributed by atoms with Gasteiger partial charge in [0, 0.05) is 38.8 Å². The van der Waals surface area contributed by atoms with Crippen LogP contribution in [0.25, 0.3) is 11.0 Å². The number of aromatic nitrogens is 3. The van der Waals surface area contributed by atoms with Gasteiger partial charge in [0.25, 0.3) is 0 Å². The summed E-state index contributed by atoms with van der Waals surface area (Å²) in [6.07, 6.45) is 1.89. The predicted octanol–water partition coefficient (Wildman–Crippen LogP) is 1.03. The molecule has 6 nitrogen and oxygen atoms in total. The minimum atomic E-state index is 0.639. The monoisotopic (exact) mass is 278 g/mol. The zero-order chi connectivity index (χ0) is 14.4. The molecule has 2 heterocycles. The third-order valence-electron chi connectivity index (χ3n) is 3.10. The highest BCUT2D eigenvalue weighted by Gasteiger charge is 2.06. The summed E-state index contributed by atoms with van der Waals surface area (Å²) in [5.41, 5.74) is 3.10. The Bertz CT molecular complexity index is 553. The second-order valence-corrected chi connectivity index (χ2v) is 4.71. The second kappa shape index (κ2) is 7.33. The van der Waals surface area contributed by atoms with Crippen molar-refractivity contribution < 1.29 is 9.47 Å². The van der Waals surface area contributed by atoms with Gasteiger partial charge in [-0.25, -0.2) is 4.98 Å². The smallest absolute Gasteiger partial charge is 0.157 e. The lowest BCUT2D eigenvalue weighted by Crippen LogP contribution is -2.20. The lowest BCUT2D eigenvalue weighted by molar-refractivity contribution is 0.0719. The molecule has 2 aromatic rings. The molecule has 0 aromatic carbocycles. The molecule has 0 saturated heterocycles. The summed E-state index contributed by atoms with van der Waals surface area (Å²) in [5, 5.41) is 8.82. The molecule has 0 saturated carbocycles. The van der Waals surface area contributed by atoms with Crippen molar-refractivity contribution in [3.05, 3.63) is 23.5 Å². The van der Waals surface area contributed by atoms with E-state index < -0.39 is 0 Å². The summed E-state index contributed by atoms with van der Waals surface area (Å²) in [6, 6.07) is 2.14. The van der Waals surface area contributed by atoms with Crippen molar-refractivity contribution in [1.29, 1.82) is 0 Å². The Balaban J connectivity index is 1.80. The molecule has 6 heteroatoms. The maximum Gasteiger partial charge on any atom is 0.157 e. The third kappa shape index (κ3) is 3.75. The normalized spacial score (nSPS) is 11.3. The summed E-state index contributed by atoms with van der Waals surface area (Å²) in [5.74, 6) is 0. The van der Waals surface area contributed by atoms with E-state index in [9.17, 15) is 0 Å². The number of nitrogens with one attached hydrogen (secondary N) is 1. The Morgan fingerprint density at radius 3 is 2.95 bits per heavy atom. The number of ether oxygens (including phenoxy) is 2. The largest absolute Gasteiger partial charge is 0.382 e. The highest BCUT2D eigenvalue weighted by atomic mass is 16.5. The van der Waals surface area contributed by atoms with Crippen LogP contribution in [-0.2, 0) is 23.1 Å². The molecule has 0 radical (unpaired) electrons. The minimum Gasteiger partial charge on any atom is -0.382 e. The zero-order valence-corrected chi connectivity index (χ0v) is 12.3. The predicted molar refractivity (Wildman–Crippen MR) is 77.6 cm³/mol. The first-order valence-electron chi connectivity index (χ1n) is 6.78. The number of hydrogen-bond donors (Lipinski definition) is 1. The van der Waals surface area contributed by atoms with Gasteiger partial charge in [0.05, 0.1) is 25.5 Å². The quantitative estimate of drug-likeness (QED) is 0.731. The maximum atomic E-state index is 5.39. The van der Waals surface area contributed by atoms with Gasteiger partial charge in [-0.2, -0.15) is 5.10 Å². The van der Waals surface area contributed by atoms with Gasteiger partial charge in [-0.1, -0.05) is 0 Å². The van der Waals surface area contributed by atoms with E-state index in [1.165, 1.54) is 0 Å². The molecule has 0 aliphatic rings. The van der Waals surface area contributed by atoms with Gasteiger partial charge in [-0.05, 0) is 18.6 Å². The Morgan fingerprint density at radius 1 is 1.30 bits per heavy atom. The number of pyridine rings is 1. The van der Waals surface area contributed by atoms with Crippen molar-refractivity contribution in [2.24, 2.45) is 7.05 Å². The molecule has 0 amide bonds. The van der Waals surface area contributed by atoms with Gasteiger partial charge >= 0.3 is 0 Å². The molecule has 0 fully saturated rings. The number of nitrogens with zero attached hydrogens (tertiary/aromatic N) is 3. The van der Waals surface area contributed by atoms with Crippen LogP contribution in [0.3, 0.4) is 0 Å². The molecular formula is C14H22N4O2. The van der Waals surface area contributed by atoms with E-state index in [1.807, 2.05) is 24.9 Å². The number of methoxy groups -OCH3 is 1. The second-order valence-electron chi connectivity index (χ2n) is 4.71. The Morgan fingerprint density at radius 2 is 2.15 bits per heavy atom. The molecule has 0 aliphatic carbocycles. The van der Waals surface area contributed by atoms with Crippen LogP contribution >= 0.6 is 0 Å². The van der Waals surface area contributed by atoms with E-state index in [0.29, 0.717) is 19.8 Å². The van der Waals surface area contributed by atoms with Crippen molar-refractivity contribution >= 4 is 11.0 Å². The minimum absolute atomic E-state index is 0.639. The average Bonchev–Trinajstić information content (AvgIpc) is 2.73. The molecule has 0 spiro atoms. The Kier molecular flexibility index (Phi) is 5.46. The summed E-state index contributed by atoms with van der Waals surface area (Å²) in [7, 11) is 3.59. The summed E-state index contributed by atoms with van der Waals surface area (Å²) >= 11 is 0.